The molecule has 106 valence electrons. The first-order valence-electron chi connectivity index (χ1n) is 6.45. The molecule has 0 aliphatic heterocycles. The fourth-order valence-corrected chi connectivity index (χ4v) is 2.40. The zero-order valence-corrected chi connectivity index (χ0v) is 13.1. The van der Waals surface area contributed by atoms with Crippen LogP contribution in [0.5, 0.6) is 0 Å². The minimum absolute atomic E-state index is 0.0795. The molecule has 0 bridgehead atoms. The van der Waals surface area contributed by atoms with Crippen LogP contribution in [-0.4, -0.2) is 26.5 Å². The Morgan fingerprint density at radius 2 is 2.15 bits per heavy atom. The zero-order chi connectivity index (χ0) is 14.5. The molecule has 0 radical (unpaired) electrons. The van der Waals surface area contributed by atoms with Gasteiger partial charge in [-0.2, -0.15) is 0 Å². The van der Waals surface area contributed by atoms with Crippen molar-refractivity contribution >= 4 is 21.8 Å². The summed E-state index contributed by atoms with van der Waals surface area (Å²) >= 11 is 3.37. The van der Waals surface area contributed by atoms with Gasteiger partial charge < -0.3 is 14.6 Å². The highest BCUT2D eigenvalue weighted by atomic mass is 79.9. The van der Waals surface area contributed by atoms with E-state index in [0.29, 0.717) is 12.1 Å². The molecule has 0 unspecified atom stereocenters. The normalized spacial score (nSPS) is 12.4. The standard InChI is InChI=1S/C15H17BrN2O2/c1-18(2)13(14-7-4-8-20-14)10-17-15(19)11-5-3-6-12(16)9-11/h3-9,13H,10H2,1-2H3,(H,17,19)/p+1/t13-/m0/s1. The van der Waals surface area contributed by atoms with Crippen molar-refractivity contribution in [3.05, 3.63) is 58.5 Å². The van der Waals surface area contributed by atoms with Crippen LogP contribution in [0.15, 0.2) is 51.6 Å². The van der Waals surface area contributed by atoms with Crippen LogP contribution in [0.4, 0.5) is 0 Å². The topological polar surface area (TPSA) is 46.7 Å². The molecule has 0 spiro atoms. The van der Waals surface area contributed by atoms with Gasteiger partial charge in [0.15, 0.2) is 11.8 Å². The molecule has 0 fully saturated rings. The first-order chi connectivity index (χ1) is 9.58. The third-order valence-electron chi connectivity index (χ3n) is 3.14. The molecular formula is C15H18BrN2O2+. The summed E-state index contributed by atoms with van der Waals surface area (Å²) in [5.74, 6) is 0.795. The molecule has 2 aromatic rings. The lowest BCUT2D eigenvalue weighted by Gasteiger charge is -2.19. The maximum Gasteiger partial charge on any atom is 0.251 e. The van der Waals surface area contributed by atoms with E-state index >= 15 is 0 Å². The zero-order valence-electron chi connectivity index (χ0n) is 11.5. The van der Waals surface area contributed by atoms with E-state index in [9.17, 15) is 4.79 Å². The van der Waals surface area contributed by atoms with Gasteiger partial charge in [-0.05, 0) is 30.3 Å². The van der Waals surface area contributed by atoms with Crippen molar-refractivity contribution in [3.8, 4) is 0 Å². The fraction of sp³-hybridized carbons (Fsp3) is 0.267. The molecule has 1 atom stereocenters. The lowest BCUT2D eigenvalue weighted by atomic mass is 10.2. The summed E-state index contributed by atoms with van der Waals surface area (Å²) in [5, 5.41) is 2.96. The smallest absolute Gasteiger partial charge is 0.251 e. The number of hydrogen-bond acceptors (Lipinski definition) is 2. The van der Waals surface area contributed by atoms with Crippen LogP contribution in [0.1, 0.15) is 22.2 Å². The van der Waals surface area contributed by atoms with Gasteiger partial charge in [0.25, 0.3) is 5.91 Å². The van der Waals surface area contributed by atoms with Gasteiger partial charge in [0.2, 0.25) is 0 Å². The highest BCUT2D eigenvalue weighted by molar-refractivity contribution is 9.10. The van der Waals surface area contributed by atoms with Gasteiger partial charge in [-0.1, -0.05) is 22.0 Å². The summed E-state index contributed by atoms with van der Waals surface area (Å²) in [7, 11) is 4.08. The Balaban J connectivity index is 2.01. The molecule has 1 aromatic heterocycles. The number of nitrogens with one attached hydrogen (secondary N) is 2. The minimum Gasteiger partial charge on any atom is -0.463 e. The Labute approximate surface area is 126 Å². The number of likely N-dealkylation sites (N-methyl/N-ethyl adjacent to an activating group) is 1. The second kappa shape index (κ2) is 6.72. The van der Waals surface area contributed by atoms with Crippen molar-refractivity contribution in [2.24, 2.45) is 0 Å². The summed E-state index contributed by atoms with van der Waals surface area (Å²) in [6.07, 6.45) is 1.65. The van der Waals surface area contributed by atoms with Gasteiger partial charge in [-0.3, -0.25) is 4.79 Å². The summed E-state index contributed by atoms with van der Waals surface area (Å²) in [4.78, 5) is 13.3. The molecule has 1 heterocycles. The highest BCUT2D eigenvalue weighted by Crippen LogP contribution is 2.12. The number of carbonyl (C=O) groups is 1. The lowest BCUT2D eigenvalue weighted by Crippen LogP contribution is -3.07. The Morgan fingerprint density at radius 3 is 2.75 bits per heavy atom. The molecule has 0 aliphatic rings. The van der Waals surface area contributed by atoms with Gasteiger partial charge in [0, 0.05) is 10.0 Å². The predicted octanol–water partition coefficient (Wildman–Crippen LogP) is 1.66. The average Bonchev–Trinajstić information content (AvgIpc) is 2.92. The molecule has 2 N–H and O–H groups in total. The number of quaternary nitrogens is 1. The van der Waals surface area contributed by atoms with Crippen LogP contribution < -0.4 is 10.2 Å². The van der Waals surface area contributed by atoms with Crippen molar-refractivity contribution < 1.29 is 14.1 Å². The molecule has 1 aromatic carbocycles. The average molecular weight is 338 g/mol. The molecule has 1 amide bonds. The van der Waals surface area contributed by atoms with E-state index in [1.165, 1.54) is 4.90 Å². The first-order valence-corrected chi connectivity index (χ1v) is 7.24. The van der Waals surface area contributed by atoms with E-state index in [1.807, 2.05) is 38.4 Å². The lowest BCUT2D eigenvalue weighted by molar-refractivity contribution is -0.891. The maximum atomic E-state index is 12.1. The summed E-state index contributed by atoms with van der Waals surface area (Å²) in [5.41, 5.74) is 0.645. The summed E-state index contributed by atoms with van der Waals surface area (Å²) in [6, 6.07) is 11.2. The third-order valence-corrected chi connectivity index (χ3v) is 3.63. The Morgan fingerprint density at radius 1 is 1.35 bits per heavy atom. The van der Waals surface area contributed by atoms with Gasteiger partial charge in [-0.15, -0.1) is 0 Å². The molecule has 0 aliphatic carbocycles. The van der Waals surface area contributed by atoms with E-state index in [4.69, 9.17) is 4.42 Å². The number of halogens is 1. The van der Waals surface area contributed by atoms with E-state index in [0.717, 1.165) is 10.2 Å². The van der Waals surface area contributed by atoms with Crippen molar-refractivity contribution in [3.63, 3.8) is 0 Å². The van der Waals surface area contributed by atoms with Gasteiger partial charge in [0.05, 0.1) is 26.9 Å². The SMILES string of the molecule is C[NH+](C)[C@@H](CNC(=O)c1cccc(Br)c1)c1ccco1. The van der Waals surface area contributed by atoms with Gasteiger partial charge in [0.1, 0.15) is 0 Å². The molecule has 2 rings (SSSR count). The number of rotatable bonds is 5. The van der Waals surface area contributed by atoms with E-state index in [-0.39, 0.29) is 11.9 Å². The van der Waals surface area contributed by atoms with Crippen LogP contribution in [0, 0.1) is 0 Å². The fourth-order valence-electron chi connectivity index (χ4n) is 2.01. The van der Waals surface area contributed by atoms with Crippen molar-refractivity contribution in [2.45, 2.75) is 6.04 Å². The molecule has 0 saturated carbocycles. The second-order valence-corrected chi connectivity index (χ2v) is 5.78. The van der Waals surface area contributed by atoms with Crippen LogP contribution >= 0.6 is 15.9 Å². The van der Waals surface area contributed by atoms with Crippen molar-refractivity contribution in [1.29, 1.82) is 0 Å². The molecule has 4 nitrogen and oxygen atoms in total. The number of furan rings is 1. The predicted molar refractivity (Wildman–Crippen MR) is 80.7 cm³/mol. The first kappa shape index (κ1) is 14.8. The Kier molecular flexibility index (Phi) is 4.98. The highest BCUT2D eigenvalue weighted by Gasteiger charge is 2.21. The van der Waals surface area contributed by atoms with E-state index < -0.39 is 0 Å². The minimum atomic E-state index is -0.0795. The molecule has 5 heteroatoms. The van der Waals surface area contributed by atoms with Gasteiger partial charge in [-0.25, -0.2) is 0 Å². The number of carbonyl (C=O) groups excluding carboxylic acids is 1. The Hall–Kier alpha value is -1.59. The molecular weight excluding hydrogens is 320 g/mol. The number of benzene rings is 1. The molecule has 0 saturated heterocycles. The number of amides is 1. The van der Waals surface area contributed by atoms with E-state index in [1.54, 1.807) is 18.4 Å². The van der Waals surface area contributed by atoms with Crippen LogP contribution in [-0.2, 0) is 0 Å². The maximum absolute atomic E-state index is 12.1. The summed E-state index contributed by atoms with van der Waals surface area (Å²) < 4.78 is 6.33. The van der Waals surface area contributed by atoms with Crippen LogP contribution in [0.3, 0.4) is 0 Å². The van der Waals surface area contributed by atoms with Crippen LogP contribution in [0.2, 0.25) is 0 Å². The van der Waals surface area contributed by atoms with E-state index in [2.05, 4.69) is 21.2 Å². The van der Waals surface area contributed by atoms with Gasteiger partial charge >= 0.3 is 0 Å². The second-order valence-electron chi connectivity index (χ2n) is 4.87. The Bertz CT molecular complexity index is 567. The summed E-state index contributed by atoms with van der Waals surface area (Å²) in [6.45, 7) is 0.529. The quantitative estimate of drug-likeness (QED) is 0.871. The molecule has 20 heavy (non-hydrogen) atoms. The van der Waals surface area contributed by atoms with Crippen LogP contribution in [0.25, 0.3) is 0 Å². The third kappa shape index (κ3) is 3.71. The largest absolute Gasteiger partial charge is 0.463 e. The monoisotopic (exact) mass is 337 g/mol. The van der Waals surface area contributed by atoms with Crippen molar-refractivity contribution in [2.75, 3.05) is 20.6 Å². The van der Waals surface area contributed by atoms with Crippen molar-refractivity contribution in [1.82, 2.24) is 5.32 Å². The number of hydrogen-bond donors (Lipinski definition) is 2.